The molecule has 2 N–H and O–H groups in total. The summed E-state index contributed by atoms with van der Waals surface area (Å²) < 4.78 is 10.4. The Hall–Kier alpha value is -3.32. The zero-order valence-electron chi connectivity index (χ0n) is 17.5. The molecule has 0 spiro atoms. The van der Waals surface area contributed by atoms with Crippen molar-refractivity contribution in [1.29, 1.82) is 0 Å². The molecule has 2 aromatic carbocycles. The van der Waals surface area contributed by atoms with Crippen molar-refractivity contribution in [2.24, 2.45) is 0 Å². The van der Waals surface area contributed by atoms with Gasteiger partial charge in [0.25, 0.3) is 0 Å². The highest BCUT2D eigenvalue weighted by atomic mass is 16.5. The molecular formula is C23H27N3O4. The van der Waals surface area contributed by atoms with Gasteiger partial charge in [-0.25, -0.2) is 9.59 Å². The number of hydrogen-bond donors (Lipinski definition) is 2. The first-order chi connectivity index (χ1) is 14.5. The standard InChI is InChI=1S/C23H27N3O4/c1-4-26(14-16-9-6-5-7-10-16)15-19-20(22(27)30-3)21(25-23(28)24-19)17-11-8-12-18(13-17)29-2/h5-13,21H,4,14-15H2,1-3H3,(H2,24,25,28)/t21-/m0/s1. The number of amides is 2. The number of carbonyl (C=O) groups excluding carboxylic acids is 2. The van der Waals surface area contributed by atoms with Crippen LogP contribution < -0.4 is 15.4 Å². The van der Waals surface area contributed by atoms with Gasteiger partial charge in [-0.05, 0) is 29.8 Å². The number of nitrogens with one attached hydrogen (secondary N) is 2. The van der Waals surface area contributed by atoms with Crippen molar-refractivity contribution in [1.82, 2.24) is 15.5 Å². The summed E-state index contributed by atoms with van der Waals surface area (Å²) in [6, 6.07) is 16.4. The summed E-state index contributed by atoms with van der Waals surface area (Å²) in [6.07, 6.45) is 0. The molecule has 0 saturated heterocycles. The van der Waals surface area contributed by atoms with Gasteiger partial charge in [0.15, 0.2) is 0 Å². The second-order valence-corrected chi connectivity index (χ2v) is 6.98. The molecule has 0 radical (unpaired) electrons. The van der Waals surface area contributed by atoms with E-state index >= 15 is 0 Å². The molecule has 0 saturated carbocycles. The van der Waals surface area contributed by atoms with Gasteiger partial charge in [-0.2, -0.15) is 0 Å². The average Bonchev–Trinajstić information content (AvgIpc) is 2.78. The summed E-state index contributed by atoms with van der Waals surface area (Å²) in [6.45, 7) is 3.90. The van der Waals surface area contributed by atoms with Crippen molar-refractivity contribution in [3.63, 3.8) is 0 Å². The predicted molar refractivity (Wildman–Crippen MR) is 114 cm³/mol. The third kappa shape index (κ3) is 4.99. The Morgan fingerprint density at radius 2 is 1.83 bits per heavy atom. The summed E-state index contributed by atoms with van der Waals surface area (Å²) in [5.41, 5.74) is 2.82. The molecule has 1 aliphatic rings. The molecule has 0 aromatic heterocycles. The van der Waals surface area contributed by atoms with Gasteiger partial charge in [-0.3, -0.25) is 4.90 Å². The maximum Gasteiger partial charge on any atom is 0.338 e. The van der Waals surface area contributed by atoms with Gasteiger partial charge in [-0.1, -0.05) is 49.4 Å². The minimum Gasteiger partial charge on any atom is -0.497 e. The minimum absolute atomic E-state index is 0.360. The Bertz CT molecular complexity index is 927. The summed E-state index contributed by atoms with van der Waals surface area (Å²) in [4.78, 5) is 27.3. The lowest BCUT2D eigenvalue weighted by Crippen LogP contribution is -2.48. The van der Waals surface area contributed by atoms with Crippen molar-refractivity contribution in [3.8, 4) is 5.75 Å². The molecule has 1 atom stereocenters. The van der Waals surface area contributed by atoms with Crippen molar-refractivity contribution in [3.05, 3.63) is 77.0 Å². The number of esters is 1. The van der Waals surface area contributed by atoms with Gasteiger partial charge < -0.3 is 20.1 Å². The van der Waals surface area contributed by atoms with Crippen LogP contribution in [0, 0.1) is 0 Å². The molecule has 0 aliphatic carbocycles. The quantitative estimate of drug-likeness (QED) is 0.655. The maximum absolute atomic E-state index is 12.7. The zero-order valence-corrected chi connectivity index (χ0v) is 17.5. The monoisotopic (exact) mass is 409 g/mol. The lowest BCUT2D eigenvalue weighted by molar-refractivity contribution is -0.136. The first kappa shape index (κ1) is 21.4. The first-order valence-electron chi connectivity index (χ1n) is 9.84. The minimum atomic E-state index is -0.633. The molecule has 7 nitrogen and oxygen atoms in total. The number of likely N-dealkylation sites (N-methyl/N-ethyl adjacent to an activating group) is 1. The van der Waals surface area contributed by atoms with Crippen molar-refractivity contribution >= 4 is 12.0 Å². The van der Waals surface area contributed by atoms with E-state index in [4.69, 9.17) is 9.47 Å². The molecule has 0 unspecified atom stereocenters. The van der Waals surface area contributed by atoms with Gasteiger partial charge in [0.1, 0.15) is 5.75 Å². The van der Waals surface area contributed by atoms with Crippen LogP contribution in [0.5, 0.6) is 5.75 Å². The summed E-state index contributed by atoms with van der Waals surface area (Å²) in [7, 11) is 2.92. The molecular weight excluding hydrogens is 382 g/mol. The fourth-order valence-corrected chi connectivity index (χ4v) is 3.51. The van der Waals surface area contributed by atoms with Crippen LogP contribution in [0.1, 0.15) is 24.1 Å². The number of hydrogen-bond acceptors (Lipinski definition) is 5. The number of benzene rings is 2. The molecule has 2 amide bonds. The van der Waals surface area contributed by atoms with Gasteiger partial charge in [0, 0.05) is 18.8 Å². The van der Waals surface area contributed by atoms with E-state index in [2.05, 4.69) is 27.7 Å². The van der Waals surface area contributed by atoms with E-state index in [1.807, 2.05) is 43.3 Å². The lowest BCUT2D eigenvalue weighted by Gasteiger charge is -2.32. The van der Waals surface area contributed by atoms with Crippen LogP contribution in [0.3, 0.4) is 0 Å². The summed E-state index contributed by atoms with van der Waals surface area (Å²) >= 11 is 0. The van der Waals surface area contributed by atoms with E-state index in [0.29, 0.717) is 30.1 Å². The first-order valence-corrected chi connectivity index (χ1v) is 9.84. The normalized spacial score (nSPS) is 16.1. The molecule has 1 heterocycles. The van der Waals surface area contributed by atoms with Crippen LogP contribution in [0.15, 0.2) is 65.9 Å². The molecule has 7 heteroatoms. The van der Waals surface area contributed by atoms with Gasteiger partial charge >= 0.3 is 12.0 Å². The Kier molecular flexibility index (Phi) is 7.08. The van der Waals surface area contributed by atoms with Crippen LogP contribution in [0.4, 0.5) is 4.79 Å². The fraction of sp³-hybridized carbons (Fsp3) is 0.304. The Morgan fingerprint density at radius 3 is 2.50 bits per heavy atom. The van der Waals surface area contributed by atoms with Gasteiger partial charge in [-0.15, -0.1) is 0 Å². The maximum atomic E-state index is 12.7. The third-order valence-electron chi connectivity index (χ3n) is 5.06. The van der Waals surface area contributed by atoms with Gasteiger partial charge in [0.05, 0.1) is 25.8 Å². The van der Waals surface area contributed by atoms with E-state index in [1.165, 1.54) is 7.11 Å². The highest BCUT2D eigenvalue weighted by Crippen LogP contribution is 2.30. The van der Waals surface area contributed by atoms with Crippen molar-refractivity contribution in [2.75, 3.05) is 27.3 Å². The number of rotatable bonds is 8. The molecule has 158 valence electrons. The second kappa shape index (κ2) is 9.93. The molecule has 0 bridgehead atoms. The van der Waals surface area contributed by atoms with E-state index in [0.717, 1.165) is 17.7 Å². The largest absolute Gasteiger partial charge is 0.497 e. The second-order valence-electron chi connectivity index (χ2n) is 6.98. The summed E-state index contributed by atoms with van der Waals surface area (Å²) in [5.74, 6) is 0.159. The number of methoxy groups -OCH3 is 2. The van der Waals surface area contributed by atoms with Gasteiger partial charge in [0.2, 0.25) is 0 Å². The number of carbonyl (C=O) groups is 2. The highest BCUT2D eigenvalue weighted by molar-refractivity contribution is 5.95. The lowest BCUT2D eigenvalue weighted by atomic mass is 9.94. The SMILES string of the molecule is CCN(CC1=C(C(=O)OC)[C@H](c2cccc(OC)c2)NC(=O)N1)Cc1ccccc1. The van der Waals surface area contributed by atoms with E-state index < -0.39 is 12.0 Å². The van der Waals surface area contributed by atoms with Crippen LogP contribution >= 0.6 is 0 Å². The Balaban J connectivity index is 1.97. The fourth-order valence-electron chi connectivity index (χ4n) is 3.51. The number of ether oxygens (including phenoxy) is 2. The van der Waals surface area contributed by atoms with Crippen molar-refractivity contribution in [2.45, 2.75) is 19.5 Å². The molecule has 30 heavy (non-hydrogen) atoms. The predicted octanol–water partition coefficient (Wildman–Crippen LogP) is 3.00. The van der Waals surface area contributed by atoms with Crippen LogP contribution in [0.2, 0.25) is 0 Å². The average molecular weight is 409 g/mol. The highest BCUT2D eigenvalue weighted by Gasteiger charge is 2.34. The van der Waals surface area contributed by atoms with E-state index in [9.17, 15) is 9.59 Å². The van der Waals surface area contributed by atoms with Crippen LogP contribution in [-0.2, 0) is 16.1 Å². The molecule has 2 aromatic rings. The third-order valence-corrected chi connectivity index (χ3v) is 5.06. The smallest absolute Gasteiger partial charge is 0.338 e. The van der Waals surface area contributed by atoms with E-state index in [1.54, 1.807) is 13.2 Å². The molecule has 3 rings (SSSR count). The van der Waals surface area contributed by atoms with Crippen LogP contribution in [-0.4, -0.2) is 44.2 Å². The van der Waals surface area contributed by atoms with E-state index in [-0.39, 0.29) is 6.03 Å². The zero-order chi connectivity index (χ0) is 21.5. The molecule has 1 aliphatic heterocycles. The Labute approximate surface area is 176 Å². The number of nitrogens with zero attached hydrogens (tertiary/aromatic N) is 1. The molecule has 0 fully saturated rings. The van der Waals surface area contributed by atoms with Crippen LogP contribution in [0.25, 0.3) is 0 Å². The topological polar surface area (TPSA) is 79.9 Å². The van der Waals surface area contributed by atoms with Crippen molar-refractivity contribution < 1.29 is 19.1 Å². The Morgan fingerprint density at radius 1 is 1.07 bits per heavy atom. The summed E-state index contributed by atoms with van der Waals surface area (Å²) in [5, 5.41) is 5.65. The number of urea groups is 1.